The molecule has 0 saturated heterocycles. The van der Waals surface area contributed by atoms with Crippen LogP contribution in [0.1, 0.15) is 57.2 Å². The van der Waals surface area contributed by atoms with Crippen LogP contribution >= 0.6 is 34.5 Å². The topological polar surface area (TPSA) is 87.1 Å². The molecule has 0 spiro atoms. The number of hydrogen-bond donors (Lipinski definition) is 3. The molecule has 3 N–H and O–H groups in total. The number of aliphatic hydroxyl groups is 1. The predicted octanol–water partition coefficient (Wildman–Crippen LogP) is 4.64. The van der Waals surface area contributed by atoms with Crippen molar-refractivity contribution in [3.63, 3.8) is 0 Å². The van der Waals surface area contributed by atoms with Crippen molar-refractivity contribution in [3.05, 3.63) is 73.3 Å². The summed E-state index contributed by atoms with van der Waals surface area (Å²) in [6.45, 7) is 0.822. The van der Waals surface area contributed by atoms with Gasteiger partial charge in [0.2, 0.25) is 5.78 Å². The van der Waals surface area contributed by atoms with Gasteiger partial charge in [-0.15, -0.1) is 11.3 Å². The molecule has 6 nitrogen and oxygen atoms in total. The van der Waals surface area contributed by atoms with Gasteiger partial charge in [-0.2, -0.15) is 0 Å². The average Bonchev–Trinajstić information content (AvgIpc) is 3.38. The van der Waals surface area contributed by atoms with Crippen LogP contribution in [0, 0.1) is 0 Å². The summed E-state index contributed by atoms with van der Waals surface area (Å²) < 4.78 is 0.573. The molecule has 1 unspecified atom stereocenters. The second kappa shape index (κ2) is 9.08. The molecule has 166 valence electrons. The Bertz CT molecular complexity index is 1170. The van der Waals surface area contributed by atoms with Crippen LogP contribution in [0.2, 0.25) is 9.36 Å². The normalized spacial score (nSPS) is 22.5. The number of anilines is 1. The second-order valence-electron chi connectivity index (χ2n) is 8.24. The van der Waals surface area contributed by atoms with Gasteiger partial charge in [-0.25, -0.2) is 9.97 Å². The molecular weight excluding hydrogens is 467 g/mol. The monoisotopic (exact) mass is 488 g/mol. The Hall–Kier alpha value is -2.03. The Labute approximate surface area is 200 Å². The summed E-state index contributed by atoms with van der Waals surface area (Å²) in [5.74, 6) is 0.315. The lowest BCUT2D eigenvalue weighted by Gasteiger charge is -2.27. The largest absolute Gasteiger partial charge is 0.393 e. The van der Waals surface area contributed by atoms with Crippen LogP contribution in [-0.2, 0) is 6.42 Å². The smallest absolute Gasteiger partial charge is 0.208 e. The molecule has 0 radical (unpaired) electrons. The van der Waals surface area contributed by atoms with Crippen molar-refractivity contribution < 1.29 is 9.90 Å². The van der Waals surface area contributed by atoms with E-state index in [1.54, 1.807) is 0 Å². The Balaban J connectivity index is 1.44. The third-order valence-corrected chi connectivity index (χ3v) is 7.74. The number of rotatable bonds is 5. The number of nitrogens with zero attached hydrogens (tertiary/aromatic N) is 2. The number of fused-ring (bicyclic) bond motifs is 1. The highest BCUT2D eigenvalue weighted by Gasteiger charge is 2.29. The fourth-order valence-electron chi connectivity index (χ4n) is 4.52. The van der Waals surface area contributed by atoms with Gasteiger partial charge in [0.05, 0.1) is 26.9 Å². The predicted molar refractivity (Wildman–Crippen MR) is 127 cm³/mol. The molecule has 1 aliphatic carbocycles. The van der Waals surface area contributed by atoms with E-state index in [0.717, 1.165) is 36.9 Å². The number of thiophene rings is 1. The zero-order valence-corrected chi connectivity index (χ0v) is 19.5. The van der Waals surface area contributed by atoms with E-state index >= 15 is 0 Å². The summed E-state index contributed by atoms with van der Waals surface area (Å²) in [6.07, 6.45) is 5.78. The molecule has 2 aromatic heterocycles. The number of aromatic nitrogens is 2. The molecule has 1 saturated carbocycles. The highest BCUT2D eigenvalue weighted by atomic mass is 35.5. The van der Waals surface area contributed by atoms with E-state index in [4.69, 9.17) is 23.2 Å². The quantitative estimate of drug-likeness (QED) is 0.453. The number of benzene rings is 1. The van der Waals surface area contributed by atoms with Gasteiger partial charge in [0.15, 0.2) is 0 Å². The molecule has 32 heavy (non-hydrogen) atoms. The maximum Gasteiger partial charge on any atom is 0.208 e. The first-order valence-electron chi connectivity index (χ1n) is 10.6. The fraction of sp³-hybridized carbons (Fsp3) is 0.348. The molecule has 2 aliphatic rings. The van der Waals surface area contributed by atoms with E-state index in [1.807, 2.05) is 18.2 Å². The first-order valence-corrected chi connectivity index (χ1v) is 12.2. The second-order valence-corrected chi connectivity index (χ2v) is 10.3. The van der Waals surface area contributed by atoms with Crippen LogP contribution < -0.4 is 10.6 Å². The molecule has 1 fully saturated rings. The van der Waals surface area contributed by atoms with E-state index in [1.165, 1.54) is 29.4 Å². The zero-order chi connectivity index (χ0) is 22.2. The van der Waals surface area contributed by atoms with Gasteiger partial charge >= 0.3 is 0 Å². The lowest BCUT2D eigenvalue weighted by molar-refractivity contribution is 0.104. The van der Waals surface area contributed by atoms with Gasteiger partial charge in [0, 0.05) is 29.4 Å². The van der Waals surface area contributed by atoms with E-state index < -0.39 is 0 Å². The minimum atomic E-state index is -0.313. The van der Waals surface area contributed by atoms with E-state index in [2.05, 4.69) is 26.7 Å². The van der Waals surface area contributed by atoms with Gasteiger partial charge in [-0.1, -0.05) is 29.3 Å². The third-order valence-electron chi connectivity index (χ3n) is 6.11. The van der Waals surface area contributed by atoms with Crippen LogP contribution in [0.15, 0.2) is 36.8 Å². The van der Waals surface area contributed by atoms with Crippen LogP contribution in [0.5, 0.6) is 0 Å². The van der Waals surface area contributed by atoms with Gasteiger partial charge in [-0.05, 0) is 55.0 Å². The van der Waals surface area contributed by atoms with Crippen LogP contribution in [0.3, 0.4) is 0 Å². The van der Waals surface area contributed by atoms with E-state index in [0.29, 0.717) is 32.0 Å². The van der Waals surface area contributed by atoms with Crippen molar-refractivity contribution in [2.75, 3.05) is 11.9 Å². The molecule has 3 aromatic rings. The summed E-state index contributed by atoms with van der Waals surface area (Å²) in [4.78, 5) is 22.3. The van der Waals surface area contributed by atoms with Crippen molar-refractivity contribution in [3.8, 4) is 0 Å². The molecule has 1 aromatic carbocycles. The SMILES string of the molecule is O=C(c1cc(C2NCCc3ccc(Cl)cc32)c(Cl)s1)c1cncnc1N[C@@H]1CC[C@H](O)C1. The van der Waals surface area contributed by atoms with Crippen LogP contribution in [0.25, 0.3) is 0 Å². The minimum absolute atomic E-state index is 0.0848. The van der Waals surface area contributed by atoms with Crippen LogP contribution in [0.4, 0.5) is 5.82 Å². The number of ketones is 1. The average molecular weight is 489 g/mol. The van der Waals surface area contributed by atoms with Crippen molar-refractivity contribution in [2.45, 2.75) is 43.9 Å². The highest BCUT2D eigenvalue weighted by molar-refractivity contribution is 7.18. The van der Waals surface area contributed by atoms with Crippen molar-refractivity contribution in [1.82, 2.24) is 15.3 Å². The summed E-state index contributed by atoms with van der Waals surface area (Å²) in [5.41, 5.74) is 3.59. The highest BCUT2D eigenvalue weighted by Crippen LogP contribution is 2.39. The first kappa shape index (κ1) is 21.8. The minimum Gasteiger partial charge on any atom is -0.393 e. The maximum atomic E-state index is 13.4. The van der Waals surface area contributed by atoms with Gasteiger partial charge < -0.3 is 15.7 Å². The standard InChI is InChI=1S/C23H22Cl2N4O2S/c24-13-2-1-12-5-6-27-20(16(12)7-13)17-9-19(32-22(17)25)21(31)18-10-26-11-28-23(18)29-14-3-4-15(30)8-14/h1-2,7,9-11,14-15,20,27,30H,3-6,8H2,(H,26,28,29)/t14-,15+,20?/m1/s1. The third kappa shape index (κ3) is 4.28. The van der Waals surface area contributed by atoms with E-state index in [9.17, 15) is 9.90 Å². The number of nitrogens with one attached hydrogen (secondary N) is 2. The number of carbonyl (C=O) groups is 1. The Morgan fingerprint density at radius 1 is 1.22 bits per heavy atom. The number of carbonyl (C=O) groups excluding carboxylic acids is 1. The number of halogens is 2. The molecule has 1 aliphatic heterocycles. The summed E-state index contributed by atoms with van der Waals surface area (Å²) >= 11 is 14.1. The Morgan fingerprint density at radius 3 is 2.91 bits per heavy atom. The number of aliphatic hydroxyl groups excluding tert-OH is 1. The number of hydrogen-bond acceptors (Lipinski definition) is 7. The molecule has 3 heterocycles. The van der Waals surface area contributed by atoms with Crippen molar-refractivity contribution >= 4 is 46.1 Å². The fourth-order valence-corrected chi connectivity index (χ4v) is 5.99. The maximum absolute atomic E-state index is 13.4. The lowest BCUT2D eigenvalue weighted by atomic mass is 9.91. The molecule has 9 heteroatoms. The Morgan fingerprint density at radius 2 is 2.09 bits per heavy atom. The van der Waals surface area contributed by atoms with Crippen LogP contribution in [-0.4, -0.2) is 39.5 Å². The summed E-state index contributed by atoms with van der Waals surface area (Å²) in [7, 11) is 0. The van der Waals surface area contributed by atoms with Gasteiger partial charge in [0.25, 0.3) is 0 Å². The zero-order valence-electron chi connectivity index (χ0n) is 17.1. The molecule has 0 bridgehead atoms. The van der Waals surface area contributed by atoms with Gasteiger partial charge in [-0.3, -0.25) is 4.79 Å². The van der Waals surface area contributed by atoms with E-state index in [-0.39, 0.29) is 24.0 Å². The Kier molecular flexibility index (Phi) is 6.18. The summed E-state index contributed by atoms with van der Waals surface area (Å²) in [5, 5.41) is 17.3. The molecular formula is C23H22Cl2N4O2S. The van der Waals surface area contributed by atoms with Crippen molar-refractivity contribution in [2.24, 2.45) is 0 Å². The molecule has 3 atom stereocenters. The molecule has 0 amide bonds. The van der Waals surface area contributed by atoms with Gasteiger partial charge in [0.1, 0.15) is 12.1 Å². The first-order chi connectivity index (χ1) is 15.5. The summed E-state index contributed by atoms with van der Waals surface area (Å²) in [6, 6.07) is 7.75. The van der Waals surface area contributed by atoms with Crippen molar-refractivity contribution in [1.29, 1.82) is 0 Å². The lowest BCUT2D eigenvalue weighted by Crippen LogP contribution is -2.30. The molecule has 5 rings (SSSR count).